The van der Waals surface area contributed by atoms with E-state index < -0.39 is 37.9 Å². The fourth-order valence-electron chi connectivity index (χ4n) is 2.54. The summed E-state index contributed by atoms with van der Waals surface area (Å²) in [6.07, 6.45) is -4.90. The Kier molecular flexibility index (Phi) is 3.26. The van der Waals surface area contributed by atoms with Crippen molar-refractivity contribution in [3.05, 3.63) is 53.1 Å². The number of benzene rings is 2. The smallest absolute Gasteiger partial charge is 0.321 e. The van der Waals surface area contributed by atoms with Crippen molar-refractivity contribution in [3.8, 4) is 0 Å². The SMILES string of the molecule is Cc1cccc2c1NC(=O)c1cccc(C(F)(F)F)c1S2(=O)=O. The van der Waals surface area contributed by atoms with Gasteiger partial charge in [0.1, 0.15) is 0 Å². The Balaban J connectivity index is 2.48. The zero-order chi connectivity index (χ0) is 17.0. The second-order valence-electron chi connectivity index (χ2n) is 5.09. The fourth-order valence-corrected chi connectivity index (χ4v) is 4.43. The highest BCUT2D eigenvalue weighted by Gasteiger charge is 2.42. The zero-order valence-corrected chi connectivity index (χ0v) is 12.5. The van der Waals surface area contributed by atoms with Gasteiger partial charge in [0.2, 0.25) is 9.84 Å². The lowest BCUT2D eigenvalue weighted by atomic mass is 10.1. The molecule has 0 bridgehead atoms. The summed E-state index contributed by atoms with van der Waals surface area (Å²) in [5.41, 5.74) is -1.42. The van der Waals surface area contributed by atoms with E-state index in [0.717, 1.165) is 12.1 Å². The van der Waals surface area contributed by atoms with Crippen LogP contribution in [0.2, 0.25) is 0 Å². The summed E-state index contributed by atoms with van der Waals surface area (Å²) < 4.78 is 65.3. The summed E-state index contributed by atoms with van der Waals surface area (Å²) in [6, 6.07) is 6.90. The van der Waals surface area contributed by atoms with Gasteiger partial charge in [0.05, 0.1) is 26.6 Å². The highest BCUT2D eigenvalue weighted by molar-refractivity contribution is 7.91. The molecule has 1 N–H and O–H groups in total. The molecule has 120 valence electrons. The maximum absolute atomic E-state index is 13.2. The van der Waals surface area contributed by atoms with Crippen LogP contribution in [0, 0.1) is 6.92 Å². The second-order valence-corrected chi connectivity index (χ2v) is 6.94. The van der Waals surface area contributed by atoms with Gasteiger partial charge in [-0.2, -0.15) is 13.2 Å². The number of aryl methyl sites for hydroxylation is 1. The molecule has 0 unspecified atom stereocenters. The van der Waals surface area contributed by atoms with Gasteiger partial charge in [-0.1, -0.05) is 18.2 Å². The Bertz CT molecular complexity index is 933. The van der Waals surface area contributed by atoms with Crippen LogP contribution < -0.4 is 5.32 Å². The second kappa shape index (κ2) is 4.82. The van der Waals surface area contributed by atoms with Crippen LogP contribution in [0.1, 0.15) is 21.5 Å². The number of fused-ring (bicyclic) bond motifs is 2. The van der Waals surface area contributed by atoms with E-state index in [1.165, 1.54) is 12.1 Å². The normalized spacial score (nSPS) is 16.1. The first-order valence-corrected chi connectivity index (χ1v) is 7.98. The Morgan fingerprint density at radius 3 is 2.35 bits per heavy atom. The van der Waals surface area contributed by atoms with Crippen molar-refractivity contribution >= 4 is 21.4 Å². The molecular formula is C15H10F3NO3S. The van der Waals surface area contributed by atoms with Crippen LogP contribution in [0.4, 0.5) is 18.9 Å². The highest BCUT2D eigenvalue weighted by atomic mass is 32.2. The van der Waals surface area contributed by atoms with E-state index in [-0.39, 0.29) is 10.6 Å². The van der Waals surface area contributed by atoms with Crippen LogP contribution in [0.25, 0.3) is 0 Å². The standard InChI is InChI=1S/C15H10F3NO3S/c1-8-4-2-7-11-12(8)19-14(20)9-5-3-6-10(15(16,17)18)13(9)23(11,21)22/h2-7H,1H3,(H,19,20). The molecule has 0 fully saturated rings. The molecular weight excluding hydrogens is 331 g/mol. The Morgan fingerprint density at radius 1 is 1.04 bits per heavy atom. The molecule has 23 heavy (non-hydrogen) atoms. The number of rotatable bonds is 0. The largest absolute Gasteiger partial charge is 0.417 e. The van der Waals surface area contributed by atoms with E-state index in [4.69, 9.17) is 0 Å². The van der Waals surface area contributed by atoms with Gasteiger partial charge in [-0.3, -0.25) is 4.79 Å². The molecule has 0 aliphatic carbocycles. The molecule has 1 heterocycles. The minimum atomic E-state index is -4.90. The summed E-state index contributed by atoms with van der Waals surface area (Å²) in [5.74, 6) is -0.886. The molecule has 0 radical (unpaired) electrons. The number of hydrogen-bond acceptors (Lipinski definition) is 3. The quantitative estimate of drug-likeness (QED) is 0.799. The molecule has 0 atom stereocenters. The van der Waals surface area contributed by atoms with Crippen LogP contribution in [0.15, 0.2) is 46.2 Å². The third-order valence-corrected chi connectivity index (χ3v) is 5.49. The predicted molar refractivity (Wildman–Crippen MR) is 76.0 cm³/mol. The van der Waals surface area contributed by atoms with Gasteiger partial charge in [-0.15, -0.1) is 0 Å². The summed E-state index contributed by atoms with van der Waals surface area (Å²) in [7, 11) is -4.51. The summed E-state index contributed by atoms with van der Waals surface area (Å²) in [4.78, 5) is 10.9. The van der Waals surface area contributed by atoms with E-state index in [0.29, 0.717) is 11.6 Å². The maximum Gasteiger partial charge on any atom is 0.417 e. The van der Waals surface area contributed by atoms with Gasteiger partial charge in [0.25, 0.3) is 5.91 Å². The van der Waals surface area contributed by atoms with Gasteiger partial charge in [0, 0.05) is 0 Å². The minimum absolute atomic E-state index is 0.00169. The predicted octanol–water partition coefficient (Wildman–Crippen LogP) is 3.41. The van der Waals surface area contributed by atoms with Crippen molar-refractivity contribution in [1.29, 1.82) is 0 Å². The van der Waals surface area contributed by atoms with Crippen LogP contribution in [0.3, 0.4) is 0 Å². The van der Waals surface area contributed by atoms with Crippen molar-refractivity contribution in [3.63, 3.8) is 0 Å². The Hall–Kier alpha value is -2.35. The number of anilines is 1. The molecule has 3 rings (SSSR count). The molecule has 8 heteroatoms. The number of sulfone groups is 1. The number of alkyl halides is 3. The van der Waals surface area contributed by atoms with Gasteiger partial charge in [0.15, 0.2) is 0 Å². The van der Waals surface area contributed by atoms with Gasteiger partial charge >= 0.3 is 6.18 Å². The van der Waals surface area contributed by atoms with Gasteiger partial charge in [-0.25, -0.2) is 8.42 Å². The molecule has 0 spiro atoms. The van der Waals surface area contributed by atoms with Crippen molar-refractivity contribution in [2.75, 3.05) is 5.32 Å². The lowest BCUT2D eigenvalue weighted by Crippen LogP contribution is -2.17. The van der Waals surface area contributed by atoms with Crippen LogP contribution in [-0.4, -0.2) is 14.3 Å². The van der Waals surface area contributed by atoms with E-state index in [2.05, 4.69) is 5.32 Å². The summed E-state index contributed by atoms with van der Waals surface area (Å²) in [6.45, 7) is 1.56. The Morgan fingerprint density at radius 2 is 1.70 bits per heavy atom. The zero-order valence-electron chi connectivity index (χ0n) is 11.7. The van der Waals surface area contributed by atoms with E-state index >= 15 is 0 Å². The minimum Gasteiger partial charge on any atom is -0.321 e. The third kappa shape index (κ3) is 2.29. The van der Waals surface area contributed by atoms with Crippen molar-refractivity contribution in [2.45, 2.75) is 22.9 Å². The molecule has 1 amide bonds. The first-order chi connectivity index (χ1) is 10.6. The number of carbonyl (C=O) groups excluding carboxylic acids is 1. The number of carbonyl (C=O) groups is 1. The number of hydrogen-bond donors (Lipinski definition) is 1. The number of nitrogens with one attached hydrogen (secondary N) is 1. The molecule has 0 saturated carbocycles. The summed E-state index contributed by atoms with van der Waals surface area (Å²) >= 11 is 0. The van der Waals surface area contributed by atoms with Crippen molar-refractivity contribution < 1.29 is 26.4 Å². The highest BCUT2D eigenvalue weighted by Crippen LogP contribution is 2.42. The number of halogens is 3. The fraction of sp³-hybridized carbons (Fsp3) is 0.133. The monoisotopic (exact) mass is 341 g/mol. The lowest BCUT2D eigenvalue weighted by Gasteiger charge is -2.14. The molecule has 0 aromatic heterocycles. The molecule has 4 nitrogen and oxygen atoms in total. The number of amides is 1. The molecule has 2 aromatic carbocycles. The first-order valence-electron chi connectivity index (χ1n) is 6.50. The van der Waals surface area contributed by atoms with Crippen LogP contribution in [-0.2, 0) is 16.0 Å². The molecule has 1 aliphatic rings. The Labute approximate surface area is 129 Å². The van der Waals surface area contributed by atoms with Gasteiger partial charge < -0.3 is 5.32 Å². The molecule has 1 aliphatic heterocycles. The van der Waals surface area contributed by atoms with E-state index in [1.807, 2.05) is 0 Å². The van der Waals surface area contributed by atoms with Crippen LogP contribution >= 0.6 is 0 Å². The van der Waals surface area contributed by atoms with E-state index in [9.17, 15) is 26.4 Å². The molecule has 0 saturated heterocycles. The van der Waals surface area contributed by atoms with Crippen LogP contribution in [0.5, 0.6) is 0 Å². The summed E-state index contributed by atoms with van der Waals surface area (Å²) in [5, 5.41) is 2.40. The maximum atomic E-state index is 13.2. The average molecular weight is 341 g/mol. The first kappa shape index (κ1) is 15.5. The third-order valence-electron chi connectivity index (χ3n) is 3.60. The number of para-hydroxylation sites is 1. The lowest BCUT2D eigenvalue weighted by molar-refractivity contribution is -0.139. The van der Waals surface area contributed by atoms with Crippen molar-refractivity contribution in [2.24, 2.45) is 0 Å². The van der Waals surface area contributed by atoms with E-state index in [1.54, 1.807) is 13.0 Å². The average Bonchev–Trinajstić information content (AvgIpc) is 2.55. The van der Waals surface area contributed by atoms with Crippen molar-refractivity contribution in [1.82, 2.24) is 0 Å². The topological polar surface area (TPSA) is 63.2 Å². The molecule has 2 aromatic rings. The van der Waals surface area contributed by atoms with Gasteiger partial charge in [-0.05, 0) is 30.7 Å².